The summed E-state index contributed by atoms with van der Waals surface area (Å²) in [5.74, 6) is 0.783. The highest BCUT2D eigenvalue weighted by molar-refractivity contribution is 7.99. The number of thioether (sulfide) groups is 1. The number of anilines is 1. The molecule has 3 aromatic carbocycles. The van der Waals surface area contributed by atoms with Crippen LogP contribution in [0.3, 0.4) is 0 Å². The van der Waals surface area contributed by atoms with Gasteiger partial charge in [-0.1, -0.05) is 30.3 Å². The van der Waals surface area contributed by atoms with Gasteiger partial charge in [0.2, 0.25) is 5.91 Å². The average Bonchev–Trinajstić information content (AvgIpc) is 3.06. The van der Waals surface area contributed by atoms with E-state index in [9.17, 15) is 14.9 Å². The van der Waals surface area contributed by atoms with Crippen molar-refractivity contribution in [2.75, 3.05) is 11.1 Å². The molecule has 6 nitrogen and oxygen atoms in total. The van der Waals surface area contributed by atoms with Crippen molar-refractivity contribution in [2.24, 2.45) is 0 Å². The Morgan fingerprint density at radius 1 is 1.00 bits per heavy atom. The molecule has 28 heavy (non-hydrogen) atoms. The van der Waals surface area contributed by atoms with Gasteiger partial charge in [0.15, 0.2) is 0 Å². The molecule has 140 valence electrons. The van der Waals surface area contributed by atoms with Crippen LogP contribution in [-0.4, -0.2) is 16.6 Å². The Balaban J connectivity index is 1.35. The average molecular weight is 392 g/mol. The number of nitro benzene ring substituents is 1. The topological polar surface area (TPSA) is 85.4 Å². The summed E-state index contributed by atoms with van der Waals surface area (Å²) in [6.45, 7) is 0. The van der Waals surface area contributed by atoms with Gasteiger partial charge in [-0.2, -0.15) is 0 Å². The van der Waals surface area contributed by atoms with Crippen molar-refractivity contribution in [1.82, 2.24) is 0 Å². The Morgan fingerprint density at radius 2 is 1.75 bits per heavy atom. The van der Waals surface area contributed by atoms with E-state index in [-0.39, 0.29) is 17.3 Å². The lowest BCUT2D eigenvalue weighted by Crippen LogP contribution is -2.14. The van der Waals surface area contributed by atoms with Crippen LogP contribution in [0.25, 0.3) is 21.9 Å². The molecule has 0 radical (unpaired) electrons. The van der Waals surface area contributed by atoms with Crippen LogP contribution in [0.4, 0.5) is 11.4 Å². The zero-order valence-electron chi connectivity index (χ0n) is 14.8. The van der Waals surface area contributed by atoms with Crippen LogP contribution in [0, 0.1) is 10.1 Å². The van der Waals surface area contributed by atoms with Crippen LogP contribution < -0.4 is 5.32 Å². The lowest BCUT2D eigenvalue weighted by Gasteiger charge is -2.05. The Morgan fingerprint density at radius 3 is 2.54 bits per heavy atom. The van der Waals surface area contributed by atoms with Gasteiger partial charge in [-0.3, -0.25) is 14.9 Å². The number of hydrogen-bond donors (Lipinski definition) is 1. The van der Waals surface area contributed by atoms with Crippen molar-refractivity contribution in [3.05, 3.63) is 82.4 Å². The summed E-state index contributed by atoms with van der Waals surface area (Å²) in [5.41, 5.74) is 3.24. The predicted molar refractivity (Wildman–Crippen MR) is 112 cm³/mol. The van der Waals surface area contributed by atoms with E-state index in [1.54, 1.807) is 12.1 Å². The molecule has 7 heteroatoms. The maximum Gasteiger partial charge on any atom is 0.269 e. The van der Waals surface area contributed by atoms with Gasteiger partial charge in [0, 0.05) is 40.4 Å². The monoisotopic (exact) mass is 392 g/mol. The maximum absolute atomic E-state index is 12.2. The summed E-state index contributed by atoms with van der Waals surface area (Å²) in [6, 6.07) is 19.8. The highest BCUT2D eigenvalue weighted by Crippen LogP contribution is 2.30. The van der Waals surface area contributed by atoms with Gasteiger partial charge in [0.05, 0.1) is 10.7 Å². The van der Waals surface area contributed by atoms with Crippen molar-refractivity contribution in [3.63, 3.8) is 0 Å². The van der Waals surface area contributed by atoms with Crippen molar-refractivity contribution < 1.29 is 14.1 Å². The molecule has 0 aliphatic carbocycles. The Bertz CT molecular complexity index is 1170. The molecule has 0 fully saturated rings. The van der Waals surface area contributed by atoms with Gasteiger partial charge in [-0.25, -0.2) is 0 Å². The summed E-state index contributed by atoms with van der Waals surface area (Å²) in [5, 5.41) is 15.6. The van der Waals surface area contributed by atoms with E-state index >= 15 is 0 Å². The van der Waals surface area contributed by atoms with Gasteiger partial charge >= 0.3 is 0 Å². The Kier molecular flexibility index (Phi) is 4.99. The van der Waals surface area contributed by atoms with Crippen LogP contribution in [0.2, 0.25) is 0 Å². The zero-order chi connectivity index (χ0) is 19.5. The lowest BCUT2D eigenvalue weighted by molar-refractivity contribution is -0.384. The van der Waals surface area contributed by atoms with Gasteiger partial charge in [0.25, 0.3) is 5.69 Å². The standard InChI is InChI=1S/C21H16N2O4S/c24-21(13-28-12-14-5-8-16(9-6-14)23(25)26)22-15-7-10-18-17-3-1-2-4-19(17)27-20(18)11-15/h1-11H,12-13H2,(H,22,24). The molecule has 0 aliphatic heterocycles. The molecule has 4 aromatic rings. The van der Waals surface area contributed by atoms with Crippen LogP contribution >= 0.6 is 11.8 Å². The number of nitrogens with one attached hydrogen (secondary N) is 1. The van der Waals surface area contributed by atoms with E-state index in [0.717, 1.165) is 27.5 Å². The zero-order valence-corrected chi connectivity index (χ0v) is 15.6. The fourth-order valence-electron chi connectivity index (χ4n) is 2.98. The molecule has 1 heterocycles. The van der Waals surface area contributed by atoms with Crippen LogP contribution in [0.1, 0.15) is 5.56 Å². The number of benzene rings is 3. The number of fused-ring (bicyclic) bond motifs is 3. The second kappa shape index (κ2) is 7.74. The number of carbonyl (C=O) groups excluding carboxylic acids is 1. The summed E-state index contributed by atoms with van der Waals surface area (Å²) < 4.78 is 5.84. The summed E-state index contributed by atoms with van der Waals surface area (Å²) >= 11 is 1.45. The third-order valence-electron chi connectivity index (χ3n) is 4.31. The smallest absolute Gasteiger partial charge is 0.269 e. The number of carbonyl (C=O) groups is 1. The first-order valence-electron chi connectivity index (χ1n) is 8.62. The van der Waals surface area contributed by atoms with Gasteiger partial charge < -0.3 is 9.73 Å². The fourth-order valence-corrected chi connectivity index (χ4v) is 3.76. The molecule has 1 amide bonds. The van der Waals surface area contributed by atoms with Crippen molar-refractivity contribution in [1.29, 1.82) is 0 Å². The molecule has 0 saturated carbocycles. The largest absolute Gasteiger partial charge is 0.456 e. The van der Waals surface area contributed by atoms with Crippen molar-refractivity contribution in [3.8, 4) is 0 Å². The summed E-state index contributed by atoms with van der Waals surface area (Å²) in [6.07, 6.45) is 0. The molecule has 1 aromatic heterocycles. The van der Waals surface area contributed by atoms with E-state index in [2.05, 4.69) is 5.32 Å². The first-order valence-corrected chi connectivity index (χ1v) is 9.78. The second-order valence-corrected chi connectivity index (χ2v) is 7.26. The van der Waals surface area contributed by atoms with Gasteiger partial charge in [0.1, 0.15) is 11.2 Å². The molecule has 4 rings (SSSR count). The Labute approximate surface area is 164 Å². The number of amides is 1. The van der Waals surface area contributed by atoms with E-state index in [4.69, 9.17) is 4.42 Å². The summed E-state index contributed by atoms with van der Waals surface area (Å²) in [4.78, 5) is 22.4. The highest BCUT2D eigenvalue weighted by Gasteiger charge is 2.09. The molecular formula is C21H16N2O4S. The predicted octanol–water partition coefficient (Wildman–Crippen LogP) is 5.37. The lowest BCUT2D eigenvalue weighted by atomic mass is 10.1. The molecule has 0 spiro atoms. The van der Waals surface area contributed by atoms with Crippen LogP contribution in [0.5, 0.6) is 0 Å². The number of rotatable bonds is 6. The number of nitro groups is 1. The van der Waals surface area contributed by atoms with Gasteiger partial charge in [-0.05, 0) is 23.8 Å². The minimum absolute atomic E-state index is 0.0625. The first kappa shape index (κ1) is 18.1. The second-order valence-electron chi connectivity index (χ2n) is 6.27. The Hall–Kier alpha value is -3.32. The van der Waals surface area contributed by atoms with E-state index < -0.39 is 4.92 Å². The molecule has 0 bridgehead atoms. The summed E-state index contributed by atoms with van der Waals surface area (Å²) in [7, 11) is 0. The van der Waals surface area contributed by atoms with E-state index in [0.29, 0.717) is 11.4 Å². The van der Waals surface area contributed by atoms with Crippen LogP contribution in [-0.2, 0) is 10.5 Å². The number of nitrogens with zero attached hydrogens (tertiary/aromatic N) is 1. The molecular weight excluding hydrogens is 376 g/mol. The highest BCUT2D eigenvalue weighted by atomic mass is 32.2. The SMILES string of the molecule is O=C(CSCc1ccc([N+](=O)[O-])cc1)Nc1ccc2c(c1)oc1ccccc12. The fraction of sp³-hybridized carbons (Fsp3) is 0.0952. The number of furan rings is 1. The first-order chi connectivity index (χ1) is 13.6. The number of para-hydroxylation sites is 1. The quantitative estimate of drug-likeness (QED) is 0.352. The third-order valence-corrected chi connectivity index (χ3v) is 5.32. The minimum Gasteiger partial charge on any atom is -0.456 e. The molecule has 0 unspecified atom stereocenters. The van der Waals surface area contributed by atoms with E-state index in [1.807, 2.05) is 42.5 Å². The normalized spacial score (nSPS) is 11.0. The van der Waals surface area contributed by atoms with Crippen LogP contribution in [0.15, 0.2) is 71.1 Å². The van der Waals surface area contributed by atoms with Crippen molar-refractivity contribution in [2.45, 2.75) is 5.75 Å². The molecule has 0 aliphatic rings. The molecule has 0 saturated heterocycles. The molecule has 1 N–H and O–H groups in total. The van der Waals surface area contributed by atoms with Gasteiger partial charge in [-0.15, -0.1) is 11.8 Å². The minimum atomic E-state index is -0.427. The molecule has 0 atom stereocenters. The van der Waals surface area contributed by atoms with Crippen molar-refractivity contribution >= 4 is 51.0 Å². The maximum atomic E-state index is 12.2. The van der Waals surface area contributed by atoms with E-state index in [1.165, 1.54) is 23.9 Å². The number of non-ortho nitro benzene ring substituents is 1. The number of hydrogen-bond acceptors (Lipinski definition) is 5. The third kappa shape index (κ3) is 3.84.